The van der Waals surface area contributed by atoms with Gasteiger partial charge in [0.1, 0.15) is 16.5 Å². The van der Waals surface area contributed by atoms with Crippen LogP contribution in [-0.4, -0.2) is 42.4 Å². The highest BCUT2D eigenvalue weighted by molar-refractivity contribution is 7.21. The van der Waals surface area contributed by atoms with Gasteiger partial charge in [-0.3, -0.25) is 9.59 Å². The van der Waals surface area contributed by atoms with Crippen molar-refractivity contribution in [3.8, 4) is 0 Å². The van der Waals surface area contributed by atoms with Crippen LogP contribution < -0.4 is 15.5 Å². The zero-order valence-electron chi connectivity index (χ0n) is 17.0. The van der Waals surface area contributed by atoms with Crippen molar-refractivity contribution in [2.45, 2.75) is 38.6 Å². The topological polar surface area (TPSA) is 74.3 Å². The van der Waals surface area contributed by atoms with Gasteiger partial charge in [-0.2, -0.15) is 0 Å². The molecule has 2 N–H and O–H groups in total. The van der Waals surface area contributed by atoms with Crippen LogP contribution in [0.15, 0.2) is 24.3 Å². The minimum atomic E-state index is -0.00171. The van der Waals surface area contributed by atoms with E-state index in [0.29, 0.717) is 12.3 Å². The van der Waals surface area contributed by atoms with E-state index in [0.717, 1.165) is 76.1 Å². The summed E-state index contributed by atoms with van der Waals surface area (Å²) in [4.78, 5) is 32.1. The highest BCUT2D eigenvalue weighted by atomic mass is 32.1. The summed E-state index contributed by atoms with van der Waals surface area (Å²) in [6.45, 7) is 4.64. The normalized spacial score (nSPS) is 23.1. The van der Waals surface area contributed by atoms with Gasteiger partial charge in [0.2, 0.25) is 0 Å². The zero-order chi connectivity index (χ0) is 20.5. The summed E-state index contributed by atoms with van der Waals surface area (Å²) in [5.74, 6) is 1.42. The van der Waals surface area contributed by atoms with Crippen LogP contribution in [0.3, 0.4) is 0 Å². The first-order valence-corrected chi connectivity index (χ1v) is 11.5. The maximum absolute atomic E-state index is 12.6. The first kappa shape index (κ1) is 18.1. The Bertz CT molecular complexity index is 1200. The van der Waals surface area contributed by atoms with E-state index in [9.17, 15) is 9.59 Å². The number of Topliss-reactive ketones (excluding diaryl/α,β-unsaturated/α-hetero) is 1. The Kier molecular flexibility index (Phi) is 3.87. The van der Waals surface area contributed by atoms with E-state index in [4.69, 9.17) is 4.98 Å². The number of fused-ring (bicyclic) bond motifs is 5. The molecule has 6 rings (SSSR count). The number of piperidine rings is 1. The number of nitrogens with one attached hydrogen (secondary N) is 2. The number of benzene rings is 1. The van der Waals surface area contributed by atoms with Crippen molar-refractivity contribution in [1.82, 2.24) is 10.3 Å². The molecule has 2 fully saturated rings. The van der Waals surface area contributed by atoms with Gasteiger partial charge in [0.15, 0.2) is 0 Å². The second-order valence-electron chi connectivity index (χ2n) is 9.12. The maximum Gasteiger partial charge on any atom is 0.263 e. The molecule has 1 amide bonds. The van der Waals surface area contributed by atoms with Crippen LogP contribution in [0.25, 0.3) is 21.0 Å². The fourth-order valence-corrected chi connectivity index (χ4v) is 6.34. The highest BCUT2D eigenvalue weighted by Crippen LogP contribution is 2.47. The Hall–Kier alpha value is -2.67. The molecule has 3 aliphatic rings. The van der Waals surface area contributed by atoms with E-state index in [-0.39, 0.29) is 17.4 Å². The quantitative estimate of drug-likeness (QED) is 0.624. The largest absolute Gasteiger partial charge is 0.381 e. The van der Waals surface area contributed by atoms with Gasteiger partial charge in [-0.15, -0.1) is 11.3 Å². The van der Waals surface area contributed by atoms with Gasteiger partial charge in [0.05, 0.1) is 11.2 Å². The third kappa shape index (κ3) is 2.71. The summed E-state index contributed by atoms with van der Waals surface area (Å²) in [6.07, 6.45) is 3.69. The molecule has 154 valence electrons. The fourth-order valence-electron chi connectivity index (χ4n) is 5.24. The molecule has 0 radical (unpaired) electrons. The standard InChI is InChI=1S/C23H24N4O2S/c1-13-12-24-20-19-15-2-5-18(27-8-6-23(7-9-27)10-14(28)11-23)26-16(15)3-4-17(19)30-21(20)22(29)25-13/h2-5,13,24H,6-12H2,1H3,(H,25,29)/t13-/m1/s1. The van der Waals surface area contributed by atoms with E-state index >= 15 is 0 Å². The molecule has 1 spiro atoms. The molecule has 30 heavy (non-hydrogen) atoms. The molecule has 1 saturated heterocycles. The van der Waals surface area contributed by atoms with Gasteiger partial charge in [-0.1, -0.05) is 0 Å². The highest BCUT2D eigenvalue weighted by Gasteiger charge is 2.45. The lowest BCUT2D eigenvalue weighted by Gasteiger charge is -2.47. The lowest BCUT2D eigenvalue weighted by molar-refractivity contribution is -0.133. The third-order valence-corrected chi connectivity index (χ3v) is 8.12. The minimum Gasteiger partial charge on any atom is -0.381 e. The van der Waals surface area contributed by atoms with Crippen LogP contribution >= 0.6 is 11.3 Å². The number of nitrogens with zero attached hydrogens (tertiary/aromatic N) is 2. The van der Waals surface area contributed by atoms with Crippen molar-refractivity contribution in [3.05, 3.63) is 29.1 Å². The molecular formula is C23H24N4O2S. The molecule has 0 bridgehead atoms. The number of aromatic nitrogens is 1. The third-order valence-electron chi connectivity index (χ3n) is 6.97. The summed E-state index contributed by atoms with van der Waals surface area (Å²) < 4.78 is 1.11. The number of rotatable bonds is 1. The molecular weight excluding hydrogens is 396 g/mol. The van der Waals surface area contributed by atoms with Crippen molar-refractivity contribution in [1.29, 1.82) is 0 Å². The number of amides is 1. The van der Waals surface area contributed by atoms with Crippen molar-refractivity contribution >= 4 is 55.5 Å². The number of ketones is 1. The number of hydrogen-bond acceptors (Lipinski definition) is 6. The van der Waals surface area contributed by atoms with Gasteiger partial charge >= 0.3 is 0 Å². The lowest BCUT2D eigenvalue weighted by Crippen LogP contribution is -2.47. The number of anilines is 2. The molecule has 1 atom stereocenters. The summed E-state index contributed by atoms with van der Waals surface area (Å²) in [6, 6.07) is 8.50. The van der Waals surface area contributed by atoms with E-state index in [1.165, 1.54) is 11.3 Å². The van der Waals surface area contributed by atoms with Crippen molar-refractivity contribution < 1.29 is 9.59 Å². The Morgan fingerprint density at radius 3 is 2.70 bits per heavy atom. The van der Waals surface area contributed by atoms with Crippen LogP contribution in [0.5, 0.6) is 0 Å². The zero-order valence-corrected chi connectivity index (χ0v) is 17.8. The van der Waals surface area contributed by atoms with Crippen LogP contribution in [0, 0.1) is 5.41 Å². The van der Waals surface area contributed by atoms with E-state index < -0.39 is 0 Å². The molecule has 1 aliphatic carbocycles. The van der Waals surface area contributed by atoms with Crippen LogP contribution in [0.2, 0.25) is 0 Å². The predicted octanol–water partition coefficient (Wildman–Crippen LogP) is 3.94. The lowest BCUT2D eigenvalue weighted by atomic mass is 9.62. The molecule has 2 aliphatic heterocycles. The Labute approximate surface area is 178 Å². The number of carbonyl (C=O) groups is 2. The van der Waals surface area contributed by atoms with Crippen molar-refractivity contribution in [3.63, 3.8) is 0 Å². The van der Waals surface area contributed by atoms with E-state index in [2.05, 4.69) is 39.8 Å². The molecule has 4 heterocycles. The molecule has 7 heteroatoms. The van der Waals surface area contributed by atoms with Gasteiger partial charge in [0.25, 0.3) is 5.91 Å². The molecule has 1 saturated carbocycles. The summed E-state index contributed by atoms with van der Waals surface area (Å²) in [7, 11) is 0. The van der Waals surface area contributed by atoms with Crippen molar-refractivity contribution in [2.24, 2.45) is 5.41 Å². The Balaban J connectivity index is 1.36. The Morgan fingerprint density at radius 2 is 1.93 bits per heavy atom. The Morgan fingerprint density at radius 1 is 1.13 bits per heavy atom. The van der Waals surface area contributed by atoms with Gasteiger partial charge in [-0.25, -0.2) is 4.98 Å². The number of carbonyl (C=O) groups excluding carboxylic acids is 2. The predicted molar refractivity (Wildman–Crippen MR) is 121 cm³/mol. The second-order valence-corrected chi connectivity index (χ2v) is 10.2. The SMILES string of the molecule is C[C@@H]1CNc2c(sc3ccc4nc(N5CCC6(CC5)CC(=O)C6)ccc4c23)C(=O)N1. The summed E-state index contributed by atoms with van der Waals surface area (Å²) in [5.41, 5.74) is 2.17. The average molecular weight is 421 g/mol. The molecule has 1 aromatic carbocycles. The van der Waals surface area contributed by atoms with Crippen LogP contribution in [-0.2, 0) is 4.79 Å². The van der Waals surface area contributed by atoms with E-state index in [1.54, 1.807) is 0 Å². The van der Waals surface area contributed by atoms with Gasteiger partial charge in [-0.05, 0) is 49.4 Å². The summed E-state index contributed by atoms with van der Waals surface area (Å²) in [5, 5.41) is 8.71. The molecule has 2 aromatic heterocycles. The van der Waals surface area contributed by atoms with E-state index in [1.807, 2.05) is 6.92 Å². The van der Waals surface area contributed by atoms with Crippen molar-refractivity contribution in [2.75, 3.05) is 29.9 Å². The monoisotopic (exact) mass is 420 g/mol. The maximum atomic E-state index is 12.6. The number of thiophene rings is 1. The van der Waals surface area contributed by atoms with Gasteiger partial charge < -0.3 is 15.5 Å². The molecule has 6 nitrogen and oxygen atoms in total. The van der Waals surface area contributed by atoms with Gasteiger partial charge in [0, 0.05) is 54.0 Å². The first-order chi connectivity index (χ1) is 14.5. The number of pyridine rings is 1. The first-order valence-electron chi connectivity index (χ1n) is 10.7. The number of hydrogen-bond donors (Lipinski definition) is 2. The summed E-state index contributed by atoms with van der Waals surface area (Å²) >= 11 is 1.54. The second kappa shape index (κ2) is 6.41. The smallest absolute Gasteiger partial charge is 0.263 e. The van der Waals surface area contributed by atoms with Crippen LogP contribution in [0.4, 0.5) is 11.5 Å². The molecule has 3 aromatic rings. The average Bonchev–Trinajstić information content (AvgIpc) is 3.04. The van der Waals surface area contributed by atoms with Crippen LogP contribution in [0.1, 0.15) is 42.3 Å². The molecule has 0 unspecified atom stereocenters. The minimum absolute atomic E-state index is 0.00171. The fraction of sp³-hybridized carbons (Fsp3) is 0.435.